The fourth-order valence-corrected chi connectivity index (χ4v) is 2.01. The van der Waals surface area contributed by atoms with Gasteiger partial charge in [0.1, 0.15) is 0 Å². The van der Waals surface area contributed by atoms with E-state index >= 15 is 0 Å². The molecule has 1 aliphatic heterocycles. The van der Waals surface area contributed by atoms with Crippen LogP contribution in [0, 0.1) is 6.92 Å². The van der Waals surface area contributed by atoms with Gasteiger partial charge in [-0.15, -0.1) is 0 Å². The lowest BCUT2D eigenvalue weighted by molar-refractivity contribution is 0.0593. The molecule has 2 heterocycles. The molecule has 0 radical (unpaired) electrons. The number of hydrogen-bond acceptors (Lipinski definition) is 3. The van der Waals surface area contributed by atoms with Crippen molar-refractivity contribution in [3.05, 3.63) is 17.5 Å². The zero-order valence-electron chi connectivity index (χ0n) is 9.19. The molecule has 1 aromatic heterocycles. The molecule has 4 nitrogen and oxygen atoms in total. The molecule has 0 unspecified atom stereocenters. The molecule has 82 valence electrons. The predicted octanol–water partition coefficient (Wildman–Crippen LogP) is 2.00. The highest BCUT2D eigenvalue weighted by Crippen LogP contribution is 2.19. The van der Waals surface area contributed by atoms with Crippen LogP contribution < -0.4 is 0 Å². The summed E-state index contributed by atoms with van der Waals surface area (Å²) in [5, 5.41) is 3.74. The largest absolute Gasteiger partial charge is 0.351 e. The Morgan fingerprint density at radius 2 is 2.40 bits per heavy atom. The lowest BCUT2D eigenvalue weighted by Gasteiger charge is -2.32. The van der Waals surface area contributed by atoms with Gasteiger partial charge in [-0.3, -0.25) is 4.79 Å². The second-order valence-electron chi connectivity index (χ2n) is 4.18. The van der Waals surface area contributed by atoms with E-state index in [2.05, 4.69) is 12.1 Å². The highest BCUT2D eigenvalue weighted by Gasteiger charge is 2.26. The van der Waals surface area contributed by atoms with Gasteiger partial charge in [0.05, 0.1) is 5.69 Å². The van der Waals surface area contributed by atoms with Crippen molar-refractivity contribution in [2.45, 2.75) is 39.2 Å². The van der Waals surface area contributed by atoms with Gasteiger partial charge in [-0.05, 0) is 33.1 Å². The zero-order valence-corrected chi connectivity index (χ0v) is 9.19. The monoisotopic (exact) mass is 208 g/mol. The number of piperidine rings is 1. The van der Waals surface area contributed by atoms with Crippen LogP contribution in [0.15, 0.2) is 10.6 Å². The van der Waals surface area contributed by atoms with Crippen LogP contribution in [0.25, 0.3) is 0 Å². The van der Waals surface area contributed by atoms with Gasteiger partial charge in [-0.2, -0.15) is 0 Å². The van der Waals surface area contributed by atoms with Gasteiger partial charge in [-0.1, -0.05) is 5.16 Å². The Kier molecular flexibility index (Phi) is 2.75. The zero-order chi connectivity index (χ0) is 10.8. The molecule has 1 amide bonds. The van der Waals surface area contributed by atoms with Crippen molar-refractivity contribution in [2.24, 2.45) is 0 Å². The summed E-state index contributed by atoms with van der Waals surface area (Å²) in [7, 11) is 0. The number of carbonyl (C=O) groups excluding carboxylic acids is 1. The van der Waals surface area contributed by atoms with E-state index in [-0.39, 0.29) is 5.91 Å². The van der Waals surface area contributed by atoms with Crippen molar-refractivity contribution in [3.8, 4) is 0 Å². The molecule has 1 saturated heterocycles. The smallest absolute Gasteiger partial charge is 0.292 e. The average molecular weight is 208 g/mol. The van der Waals surface area contributed by atoms with Crippen LogP contribution in [0.1, 0.15) is 42.4 Å². The number of carbonyl (C=O) groups is 1. The normalized spacial score (nSPS) is 21.7. The molecular formula is C11H16N2O2. The summed E-state index contributed by atoms with van der Waals surface area (Å²) >= 11 is 0. The van der Waals surface area contributed by atoms with E-state index in [0.717, 1.165) is 25.1 Å². The molecule has 1 aliphatic rings. The van der Waals surface area contributed by atoms with E-state index < -0.39 is 0 Å². The van der Waals surface area contributed by atoms with Gasteiger partial charge in [-0.25, -0.2) is 0 Å². The minimum Gasteiger partial charge on any atom is -0.351 e. The number of likely N-dealkylation sites (tertiary alicyclic amines) is 1. The molecular weight excluding hydrogens is 192 g/mol. The van der Waals surface area contributed by atoms with E-state index in [1.807, 2.05) is 11.8 Å². The number of aryl methyl sites for hydroxylation is 1. The number of hydrogen-bond donors (Lipinski definition) is 0. The van der Waals surface area contributed by atoms with Crippen LogP contribution in [0.4, 0.5) is 0 Å². The fourth-order valence-electron chi connectivity index (χ4n) is 2.01. The summed E-state index contributed by atoms with van der Waals surface area (Å²) in [4.78, 5) is 13.9. The minimum atomic E-state index is -0.0252. The molecule has 0 aliphatic carbocycles. The molecule has 1 aromatic rings. The second-order valence-corrected chi connectivity index (χ2v) is 4.18. The molecule has 15 heavy (non-hydrogen) atoms. The Hall–Kier alpha value is -1.32. The highest BCUT2D eigenvalue weighted by molar-refractivity contribution is 5.91. The number of rotatable bonds is 1. The molecule has 2 rings (SSSR count). The first kappa shape index (κ1) is 10.2. The van der Waals surface area contributed by atoms with Crippen molar-refractivity contribution in [1.82, 2.24) is 10.1 Å². The van der Waals surface area contributed by atoms with Gasteiger partial charge >= 0.3 is 0 Å². The van der Waals surface area contributed by atoms with E-state index in [4.69, 9.17) is 4.52 Å². The summed E-state index contributed by atoms with van der Waals surface area (Å²) in [6, 6.07) is 2.01. The van der Waals surface area contributed by atoms with Gasteiger partial charge in [0, 0.05) is 18.7 Å². The Bertz CT molecular complexity index is 359. The Balaban J connectivity index is 2.13. The van der Waals surface area contributed by atoms with Crippen LogP contribution in [0.5, 0.6) is 0 Å². The SMILES string of the molecule is Cc1cc(C(=O)N2CCCC[C@@H]2C)on1. The summed E-state index contributed by atoms with van der Waals surface area (Å²) in [5.74, 6) is 0.337. The molecule has 0 saturated carbocycles. The predicted molar refractivity (Wildman–Crippen MR) is 55.6 cm³/mol. The molecule has 0 bridgehead atoms. The quantitative estimate of drug-likeness (QED) is 0.709. The maximum Gasteiger partial charge on any atom is 0.292 e. The average Bonchev–Trinajstić information content (AvgIpc) is 2.65. The highest BCUT2D eigenvalue weighted by atomic mass is 16.5. The number of aromatic nitrogens is 1. The van der Waals surface area contributed by atoms with Gasteiger partial charge in [0.25, 0.3) is 5.91 Å². The molecule has 0 N–H and O–H groups in total. The summed E-state index contributed by atoms with van der Waals surface area (Å²) in [6.07, 6.45) is 3.38. The third kappa shape index (κ3) is 2.03. The molecule has 0 spiro atoms. The van der Waals surface area contributed by atoms with Crippen molar-refractivity contribution in [2.75, 3.05) is 6.54 Å². The standard InChI is InChI=1S/C11H16N2O2/c1-8-7-10(15-12-8)11(14)13-6-4-3-5-9(13)2/h7,9H,3-6H2,1-2H3/t9-/m0/s1. The van der Waals surface area contributed by atoms with Crippen LogP contribution in [-0.4, -0.2) is 28.6 Å². The summed E-state index contributed by atoms with van der Waals surface area (Å²) < 4.78 is 4.99. The molecule has 4 heteroatoms. The second kappa shape index (κ2) is 4.04. The third-order valence-electron chi connectivity index (χ3n) is 2.90. The van der Waals surface area contributed by atoms with Crippen LogP contribution in [-0.2, 0) is 0 Å². The Morgan fingerprint density at radius 1 is 1.60 bits per heavy atom. The van der Waals surface area contributed by atoms with Crippen LogP contribution >= 0.6 is 0 Å². The maximum absolute atomic E-state index is 12.0. The van der Waals surface area contributed by atoms with E-state index in [9.17, 15) is 4.79 Å². The van der Waals surface area contributed by atoms with Crippen molar-refractivity contribution >= 4 is 5.91 Å². The van der Waals surface area contributed by atoms with Gasteiger partial charge < -0.3 is 9.42 Å². The van der Waals surface area contributed by atoms with Crippen molar-refractivity contribution < 1.29 is 9.32 Å². The third-order valence-corrected chi connectivity index (χ3v) is 2.90. The first-order valence-electron chi connectivity index (χ1n) is 5.43. The molecule has 0 aromatic carbocycles. The Labute approximate surface area is 89.2 Å². The topological polar surface area (TPSA) is 46.3 Å². The summed E-state index contributed by atoms with van der Waals surface area (Å²) in [5.41, 5.74) is 0.753. The maximum atomic E-state index is 12.0. The van der Waals surface area contributed by atoms with Crippen molar-refractivity contribution in [3.63, 3.8) is 0 Å². The summed E-state index contributed by atoms with van der Waals surface area (Å²) in [6.45, 7) is 4.74. The first-order chi connectivity index (χ1) is 7.18. The number of amides is 1. The fraction of sp³-hybridized carbons (Fsp3) is 0.636. The Morgan fingerprint density at radius 3 is 3.00 bits per heavy atom. The van der Waals surface area contributed by atoms with E-state index in [1.54, 1.807) is 6.07 Å². The van der Waals surface area contributed by atoms with Gasteiger partial charge in [0.15, 0.2) is 0 Å². The lowest BCUT2D eigenvalue weighted by Crippen LogP contribution is -2.41. The minimum absolute atomic E-state index is 0.0252. The van der Waals surface area contributed by atoms with Crippen LogP contribution in [0.2, 0.25) is 0 Å². The molecule has 1 atom stereocenters. The molecule has 1 fully saturated rings. The van der Waals surface area contributed by atoms with E-state index in [0.29, 0.717) is 11.8 Å². The first-order valence-corrected chi connectivity index (χ1v) is 5.43. The van der Waals surface area contributed by atoms with Gasteiger partial charge in [0.2, 0.25) is 5.76 Å². The number of nitrogens with zero attached hydrogens (tertiary/aromatic N) is 2. The van der Waals surface area contributed by atoms with Crippen molar-refractivity contribution in [1.29, 1.82) is 0 Å². The van der Waals surface area contributed by atoms with E-state index in [1.165, 1.54) is 6.42 Å². The van der Waals surface area contributed by atoms with Crippen LogP contribution in [0.3, 0.4) is 0 Å². The lowest BCUT2D eigenvalue weighted by atomic mass is 10.0.